The van der Waals surface area contributed by atoms with Crippen LogP contribution in [0.3, 0.4) is 0 Å². The summed E-state index contributed by atoms with van der Waals surface area (Å²) in [6.07, 6.45) is -1.13. The summed E-state index contributed by atoms with van der Waals surface area (Å²) in [5.41, 5.74) is 5.56. The van der Waals surface area contributed by atoms with E-state index in [-0.39, 0.29) is 27.8 Å². The number of rotatable bonds is 4. The highest BCUT2D eigenvalue weighted by molar-refractivity contribution is 7.93. The van der Waals surface area contributed by atoms with Crippen molar-refractivity contribution in [1.82, 2.24) is 0 Å². The van der Waals surface area contributed by atoms with Crippen LogP contribution >= 0.6 is 11.3 Å². The van der Waals surface area contributed by atoms with Gasteiger partial charge in [0.1, 0.15) is 15.5 Å². The first-order valence-corrected chi connectivity index (χ1v) is 9.41. The molecule has 1 aromatic heterocycles. The highest BCUT2D eigenvalue weighted by atomic mass is 32.2. The zero-order chi connectivity index (χ0) is 18.2. The molecule has 10 heteroatoms. The molecule has 8 nitrogen and oxygen atoms in total. The van der Waals surface area contributed by atoms with E-state index in [4.69, 9.17) is 10.5 Å². The quantitative estimate of drug-likeness (QED) is 0.788. The van der Waals surface area contributed by atoms with Crippen molar-refractivity contribution in [3.8, 4) is 5.75 Å². The first-order chi connectivity index (χ1) is 11.9. The highest BCUT2D eigenvalue weighted by Crippen LogP contribution is 2.38. The number of thiophene rings is 1. The molecule has 25 heavy (non-hydrogen) atoms. The number of esters is 1. The van der Waals surface area contributed by atoms with Crippen LogP contribution in [0.25, 0.3) is 0 Å². The fraction of sp³-hybridized carbons (Fsp3) is 0.200. The third-order valence-electron chi connectivity index (χ3n) is 3.62. The van der Waals surface area contributed by atoms with E-state index in [1.807, 2.05) is 0 Å². The average Bonchev–Trinajstić information content (AvgIpc) is 3.10. The Balaban J connectivity index is 2.12. The number of anilines is 1. The number of nitrogens with two attached hydrogens (primary N) is 1. The number of sulfonamides is 1. The molecule has 0 radical (unpaired) electrons. The predicted molar refractivity (Wildman–Crippen MR) is 90.2 cm³/mol. The topological polar surface area (TPSA) is 116 Å². The number of primary amides is 1. The summed E-state index contributed by atoms with van der Waals surface area (Å²) < 4.78 is 37.4. The molecule has 0 spiro atoms. The summed E-state index contributed by atoms with van der Waals surface area (Å²) in [5, 5.41) is 1.48. The van der Waals surface area contributed by atoms with E-state index in [9.17, 15) is 18.0 Å². The number of methoxy groups -OCH3 is 1. The third kappa shape index (κ3) is 2.94. The van der Waals surface area contributed by atoms with E-state index < -0.39 is 28.0 Å². The van der Waals surface area contributed by atoms with Crippen molar-refractivity contribution in [2.75, 3.05) is 18.0 Å². The second kappa shape index (κ2) is 6.37. The van der Waals surface area contributed by atoms with Crippen LogP contribution in [0, 0.1) is 0 Å². The van der Waals surface area contributed by atoms with Gasteiger partial charge in [-0.05, 0) is 23.6 Å². The van der Waals surface area contributed by atoms with Crippen molar-refractivity contribution in [2.24, 2.45) is 5.73 Å². The number of nitrogens with zero attached hydrogens (tertiary/aromatic N) is 1. The number of hydrogen-bond donors (Lipinski definition) is 1. The van der Waals surface area contributed by atoms with Crippen LogP contribution in [0.4, 0.5) is 5.69 Å². The van der Waals surface area contributed by atoms with Crippen molar-refractivity contribution in [1.29, 1.82) is 0 Å². The molecule has 2 heterocycles. The van der Waals surface area contributed by atoms with E-state index >= 15 is 0 Å². The Hall–Kier alpha value is -2.59. The lowest BCUT2D eigenvalue weighted by atomic mass is 10.2. The number of benzene rings is 1. The van der Waals surface area contributed by atoms with Gasteiger partial charge in [-0.3, -0.25) is 9.10 Å². The van der Waals surface area contributed by atoms with E-state index in [1.54, 1.807) is 24.3 Å². The minimum atomic E-state index is -4.13. The zero-order valence-corrected chi connectivity index (χ0v) is 14.7. The number of ether oxygens (including phenoxy) is 2. The van der Waals surface area contributed by atoms with Gasteiger partial charge in [0.2, 0.25) is 0 Å². The number of hydrogen-bond acceptors (Lipinski definition) is 7. The van der Waals surface area contributed by atoms with Gasteiger partial charge < -0.3 is 15.2 Å². The van der Waals surface area contributed by atoms with E-state index in [0.29, 0.717) is 0 Å². The highest BCUT2D eigenvalue weighted by Gasteiger charge is 2.38. The first-order valence-electron chi connectivity index (χ1n) is 7.10. The van der Waals surface area contributed by atoms with Crippen molar-refractivity contribution in [2.45, 2.75) is 11.0 Å². The molecule has 0 aliphatic carbocycles. The lowest BCUT2D eigenvalue weighted by molar-refractivity contribution is -0.124. The van der Waals surface area contributed by atoms with E-state index in [0.717, 1.165) is 15.6 Å². The molecule has 0 saturated heterocycles. The van der Waals surface area contributed by atoms with Crippen LogP contribution < -0.4 is 14.8 Å². The van der Waals surface area contributed by atoms with Crippen molar-refractivity contribution in [3.63, 3.8) is 0 Å². The van der Waals surface area contributed by atoms with Gasteiger partial charge in [0.05, 0.1) is 19.3 Å². The number of amides is 1. The molecule has 0 bridgehead atoms. The Morgan fingerprint density at radius 2 is 2.04 bits per heavy atom. The number of carbonyl (C=O) groups excluding carboxylic acids is 2. The summed E-state index contributed by atoms with van der Waals surface area (Å²) in [5.74, 6) is -1.31. The molecule has 0 saturated carbocycles. The van der Waals surface area contributed by atoms with Gasteiger partial charge in [-0.1, -0.05) is 12.1 Å². The van der Waals surface area contributed by atoms with Crippen LogP contribution in [0.2, 0.25) is 0 Å². The van der Waals surface area contributed by atoms with Crippen LogP contribution in [0.1, 0.15) is 9.67 Å². The maximum atomic E-state index is 13.1. The van der Waals surface area contributed by atoms with E-state index in [1.165, 1.54) is 18.6 Å². The molecule has 132 valence electrons. The smallest absolute Gasteiger partial charge is 0.349 e. The molecule has 1 aliphatic heterocycles. The molecule has 3 rings (SSSR count). The van der Waals surface area contributed by atoms with Gasteiger partial charge in [0.15, 0.2) is 6.10 Å². The van der Waals surface area contributed by atoms with E-state index in [2.05, 4.69) is 4.74 Å². The minimum Gasteiger partial charge on any atom is -0.476 e. The molecular formula is C15H14N2O6S2. The summed E-state index contributed by atoms with van der Waals surface area (Å²) in [4.78, 5) is 23.2. The molecule has 1 aliphatic rings. The van der Waals surface area contributed by atoms with Crippen LogP contribution in [-0.4, -0.2) is 40.1 Å². The van der Waals surface area contributed by atoms with Crippen LogP contribution in [0.15, 0.2) is 40.6 Å². The second-order valence-electron chi connectivity index (χ2n) is 5.12. The SMILES string of the molecule is COC(=O)c1sccc1S(=O)(=O)N1CC(C(N)=O)Oc2ccccc21. The van der Waals surface area contributed by atoms with Crippen molar-refractivity contribution in [3.05, 3.63) is 40.6 Å². The summed E-state index contributed by atoms with van der Waals surface area (Å²) in [6.45, 7) is -0.287. The Morgan fingerprint density at radius 3 is 2.72 bits per heavy atom. The van der Waals surface area contributed by atoms with Gasteiger partial charge in [-0.15, -0.1) is 11.3 Å². The number of fused-ring (bicyclic) bond motifs is 1. The first kappa shape index (κ1) is 17.2. The fourth-order valence-electron chi connectivity index (χ4n) is 2.44. The maximum Gasteiger partial charge on any atom is 0.349 e. The van der Waals surface area contributed by atoms with Crippen LogP contribution in [-0.2, 0) is 19.6 Å². The summed E-state index contributed by atoms with van der Waals surface area (Å²) >= 11 is 0.958. The lowest BCUT2D eigenvalue weighted by Gasteiger charge is -2.34. The normalized spacial score (nSPS) is 16.7. The van der Waals surface area contributed by atoms with Gasteiger partial charge in [0.25, 0.3) is 15.9 Å². The van der Waals surface area contributed by atoms with Gasteiger partial charge in [0, 0.05) is 0 Å². The molecule has 1 atom stereocenters. The molecule has 1 amide bonds. The molecule has 1 aromatic carbocycles. The van der Waals surface area contributed by atoms with Crippen molar-refractivity contribution >= 4 is 38.9 Å². The molecule has 2 aromatic rings. The molecule has 1 unspecified atom stereocenters. The average molecular weight is 382 g/mol. The summed E-state index contributed by atoms with van der Waals surface area (Å²) in [6, 6.07) is 7.71. The third-order valence-corrected chi connectivity index (χ3v) is 6.47. The second-order valence-corrected chi connectivity index (χ2v) is 7.87. The summed E-state index contributed by atoms with van der Waals surface area (Å²) in [7, 11) is -2.96. The lowest BCUT2D eigenvalue weighted by Crippen LogP contribution is -2.49. The Bertz CT molecular complexity index is 937. The molecular weight excluding hydrogens is 368 g/mol. The minimum absolute atomic E-state index is 0.0397. The van der Waals surface area contributed by atoms with Gasteiger partial charge >= 0.3 is 5.97 Å². The zero-order valence-electron chi connectivity index (χ0n) is 13.0. The van der Waals surface area contributed by atoms with Gasteiger partial charge in [-0.25, -0.2) is 13.2 Å². The Morgan fingerprint density at radius 1 is 1.32 bits per heavy atom. The number of para-hydroxylation sites is 2. The van der Waals surface area contributed by atoms with Gasteiger partial charge in [-0.2, -0.15) is 0 Å². The predicted octanol–water partition coefficient (Wildman–Crippen LogP) is 0.976. The standard InChI is InChI=1S/C15H14N2O6S2/c1-22-15(19)13-12(6-7-24-13)25(20,21)17-8-11(14(16)18)23-10-5-3-2-4-9(10)17/h2-7,11H,8H2,1H3,(H2,16,18). The molecule has 2 N–H and O–H groups in total. The Kier molecular flexibility index (Phi) is 4.39. The van der Waals surface area contributed by atoms with Crippen LogP contribution in [0.5, 0.6) is 5.75 Å². The maximum absolute atomic E-state index is 13.1. The fourth-order valence-corrected chi connectivity index (χ4v) is 5.23. The number of carbonyl (C=O) groups is 2. The Labute approximate surface area is 147 Å². The molecule has 0 fully saturated rings. The largest absolute Gasteiger partial charge is 0.476 e. The monoisotopic (exact) mass is 382 g/mol. The van der Waals surface area contributed by atoms with Crippen molar-refractivity contribution < 1.29 is 27.5 Å².